The van der Waals surface area contributed by atoms with Crippen molar-refractivity contribution in [1.82, 2.24) is 9.55 Å². The number of halogens is 3. The molecule has 0 bridgehead atoms. The molecule has 0 aliphatic carbocycles. The van der Waals surface area contributed by atoms with Gasteiger partial charge in [-0.1, -0.05) is 23.2 Å². The van der Waals surface area contributed by atoms with Crippen LogP contribution < -0.4 is 5.56 Å². The molecule has 0 atom stereocenters. The van der Waals surface area contributed by atoms with Gasteiger partial charge in [0.1, 0.15) is 5.82 Å². The Morgan fingerprint density at radius 3 is 2.48 bits per heavy atom. The van der Waals surface area contributed by atoms with E-state index in [-0.39, 0.29) is 15.5 Å². The Labute approximate surface area is 146 Å². The molecule has 0 aliphatic rings. The quantitative estimate of drug-likeness (QED) is 0.606. The third-order valence-corrected chi connectivity index (χ3v) is 4.64. The number of fused-ring (bicyclic) bond motifs is 1. The largest absolute Gasteiger partial charge is 0.331 e. The van der Waals surface area contributed by atoms with Gasteiger partial charge in [-0.3, -0.25) is 9.36 Å². The summed E-state index contributed by atoms with van der Waals surface area (Å²) in [6.45, 7) is 3.42. The summed E-state index contributed by atoms with van der Waals surface area (Å²) in [6, 6.07) is 5.97. The van der Waals surface area contributed by atoms with E-state index in [2.05, 4.69) is 4.98 Å². The van der Waals surface area contributed by atoms with Crippen molar-refractivity contribution in [2.45, 2.75) is 13.8 Å². The third kappa shape index (κ3) is 2.69. The molecule has 1 aromatic heterocycles. The van der Waals surface area contributed by atoms with Gasteiger partial charge in [-0.15, -0.1) is 0 Å². The highest BCUT2D eigenvalue weighted by atomic mass is 35.5. The first-order valence-electron chi connectivity index (χ1n) is 6.71. The second-order valence-electron chi connectivity index (χ2n) is 5.27. The Morgan fingerprint density at radius 1 is 1.09 bits per heavy atom. The van der Waals surface area contributed by atoms with Crippen molar-refractivity contribution in [3.63, 3.8) is 0 Å². The smallest absolute Gasteiger partial charge is 0.266 e. The van der Waals surface area contributed by atoms with Crippen molar-refractivity contribution in [3.8, 4) is 5.69 Å². The molecular weight excluding hydrogens is 358 g/mol. The summed E-state index contributed by atoms with van der Waals surface area (Å²) < 4.78 is 15.2. The number of H-pyrrole nitrogens is 1. The van der Waals surface area contributed by atoms with Gasteiger partial charge in [-0.25, -0.2) is 4.39 Å². The summed E-state index contributed by atoms with van der Waals surface area (Å²) in [7, 11) is 0. The highest BCUT2D eigenvalue weighted by molar-refractivity contribution is 7.71. The van der Waals surface area contributed by atoms with Crippen LogP contribution in [0.4, 0.5) is 4.39 Å². The minimum Gasteiger partial charge on any atom is -0.331 e. The van der Waals surface area contributed by atoms with Gasteiger partial charge < -0.3 is 4.98 Å². The first kappa shape index (κ1) is 16.2. The number of aromatic nitrogens is 2. The number of rotatable bonds is 1. The fourth-order valence-electron chi connectivity index (χ4n) is 2.37. The number of nitrogens with one attached hydrogen (secondary N) is 1. The maximum atomic E-state index is 13.9. The number of nitrogens with zero attached hydrogens (tertiary/aromatic N) is 1. The van der Waals surface area contributed by atoms with Gasteiger partial charge in [0.15, 0.2) is 4.77 Å². The van der Waals surface area contributed by atoms with Gasteiger partial charge in [0.2, 0.25) is 0 Å². The van der Waals surface area contributed by atoms with E-state index in [0.717, 1.165) is 5.56 Å². The predicted molar refractivity (Wildman–Crippen MR) is 94.2 cm³/mol. The number of aromatic amines is 1. The molecule has 3 aromatic rings. The van der Waals surface area contributed by atoms with E-state index < -0.39 is 11.4 Å². The van der Waals surface area contributed by atoms with E-state index in [1.165, 1.54) is 16.7 Å². The molecule has 1 heterocycles. The molecular formula is C16H11Cl2FN2OS. The molecule has 0 saturated carbocycles. The lowest BCUT2D eigenvalue weighted by Gasteiger charge is -2.12. The first-order chi connectivity index (χ1) is 10.8. The van der Waals surface area contributed by atoms with Gasteiger partial charge in [0, 0.05) is 5.02 Å². The molecule has 0 fully saturated rings. The van der Waals surface area contributed by atoms with Crippen molar-refractivity contribution in [2.75, 3.05) is 0 Å². The maximum Gasteiger partial charge on any atom is 0.266 e. The number of hydrogen-bond acceptors (Lipinski definition) is 2. The second-order valence-corrected chi connectivity index (χ2v) is 6.47. The summed E-state index contributed by atoms with van der Waals surface area (Å²) in [6.07, 6.45) is 0. The summed E-state index contributed by atoms with van der Waals surface area (Å²) in [4.78, 5) is 15.8. The molecule has 7 heteroatoms. The molecule has 3 nitrogen and oxygen atoms in total. The van der Waals surface area contributed by atoms with Gasteiger partial charge in [0.25, 0.3) is 5.56 Å². The number of benzene rings is 2. The lowest BCUT2D eigenvalue weighted by molar-refractivity contribution is 0.617. The van der Waals surface area contributed by atoms with Crippen molar-refractivity contribution in [1.29, 1.82) is 0 Å². The Hall–Kier alpha value is -1.69. The normalized spacial score (nSPS) is 11.2. The molecule has 1 N–H and O–H groups in total. The molecule has 23 heavy (non-hydrogen) atoms. The van der Waals surface area contributed by atoms with Gasteiger partial charge in [-0.2, -0.15) is 0 Å². The topological polar surface area (TPSA) is 37.8 Å². The van der Waals surface area contributed by atoms with Crippen LogP contribution in [-0.2, 0) is 0 Å². The van der Waals surface area contributed by atoms with Crippen LogP contribution in [0.15, 0.2) is 29.1 Å². The van der Waals surface area contributed by atoms with Crippen LogP contribution in [0.25, 0.3) is 16.6 Å². The van der Waals surface area contributed by atoms with Crippen LogP contribution in [0, 0.1) is 24.4 Å². The van der Waals surface area contributed by atoms with E-state index in [1.807, 2.05) is 6.92 Å². The fourth-order valence-corrected chi connectivity index (χ4v) is 3.13. The molecule has 0 unspecified atom stereocenters. The lowest BCUT2D eigenvalue weighted by atomic mass is 10.1. The molecule has 2 aromatic carbocycles. The molecule has 0 radical (unpaired) electrons. The zero-order valence-electron chi connectivity index (χ0n) is 12.2. The summed E-state index contributed by atoms with van der Waals surface area (Å²) in [5.74, 6) is -0.465. The second kappa shape index (κ2) is 5.74. The van der Waals surface area contributed by atoms with E-state index in [0.29, 0.717) is 21.5 Å². The highest BCUT2D eigenvalue weighted by Crippen LogP contribution is 2.25. The SMILES string of the molecule is Cc1cc(Cl)c(-n2c(=S)[nH]c3cc(C)c(Cl)cc3c2=O)cc1F. The zero-order chi connectivity index (χ0) is 16.9. The van der Waals surface area contributed by atoms with Crippen LogP contribution >= 0.6 is 35.4 Å². The van der Waals surface area contributed by atoms with Crippen molar-refractivity contribution in [2.24, 2.45) is 0 Å². The molecule has 0 saturated heterocycles. The van der Waals surface area contributed by atoms with Crippen LogP contribution in [0.5, 0.6) is 0 Å². The summed E-state index contributed by atoms with van der Waals surface area (Å²) in [5, 5.41) is 1.06. The van der Waals surface area contributed by atoms with E-state index in [9.17, 15) is 9.18 Å². The molecule has 0 aliphatic heterocycles. The first-order valence-corrected chi connectivity index (χ1v) is 7.87. The maximum absolute atomic E-state index is 13.9. The highest BCUT2D eigenvalue weighted by Gasteiger charge is 2.14. The van der Waals surface area contributed by atoms with Crippen molar-refractivity contribution >= 4 is 46.3 Å². The van der Waals surface area contributed by atoms with Crippen LogP contribution in [0.1, 0.15) is 11.1 Å². The molecule has 118 valence electrons. The lowest BCUT2D eigenvalue weighted by Crippen LogP contribution is -2.21. The van der Waals surface area contributed by atoms with E-state index >= 15 is 0 Å². The van der Waals surface area contributed by atoms with Crippen LogP contribution in [0.3, 0.4) is 0 Å². The van der Waals surface area contributed by atoms with Gasteiger partial charge in [0.05, 0.1) is 21.6 Å². The summed E-state index contributed by atoms with van der Waals surface area (Å²) in [5.41, 5.74) is 1.57. The number of aryl methyl sites for hydroxylation is 2. The van der Waals surface area contributed by atoms with E-state index in [1.54, 1.807) is 19.1 Å². The Morgan fingerprint density at radius 2 is 1.78 bits per heavy atom. The minimum absolute atomic E-state index is 0.134. The molecule has 3 rings (SSSR count). The van der Waals surface area contributed by atoms with Gasteiger partial charge in [-0.05, 0) is 61.5 Å². The van der Waals surface area contributed by atoms with Gasteiger partial charge >= 0.3 is 0 Å². The Kier molecular flexibility index (Phi) is 4.04. The predicted octanol–water partition coefficient (Wildman–Crippen LogP) is 5.11. The molecule has 0 amide bonds. The van der Waals surface area contributed by atoms with Crippen molar-refractivity contribution < 1.29 is 4.39 Å². The number of hydrogen-bond donors (Lipinski definition) is 1. The van der Waals surface area contributed by atoms with E-state index in [4.69, 9.17) is 35.4 Å². The van der Waals surface area contributed by atoms with Crippen molar-refractivity contribution in [3.05, 3.63) is 66.4 Å². The summed E-state index contributed by atoms with van der Waals surface area (Å²) >= 11 is 17.5. The minimum atomic E-state index is -0.465. The average Bonchev–Trinajstić information content (AvgIpc) is 2.47. The monoisotopic (exact) mass is 368 g/mol. The third-order valence-electron chi connectivity index (χ3n) is 3.65. The zero-order valence-corrected chi connectivity index (χ0v) is 14.5. The molecule has 0 spiro atoms. The van der Waals surface area contributed by atoms with Crippen LogP contribution in [0.2, 0.25) is 10.0 Å². The standard InChI is InChI=1S/C16H11Cl2FN2OS/c1-7-4-13-9(5-10(7)17)15(22)21(16(23)20-13)14-6-12(19)8(2)3-11(14)18/h3-6H,1-2H3,(H,20,23). The fraction of sp³-hybridized carbons (Fsp3) is 0.125. The Balaban J connectivity index is 2.44. The average molecular weight is 369 g/mol. The Bertz CT molecular complexity index is 1070. The van der Waals surface area contributed by atoms with Crippen LogP contribution in [-0.4, -0.2) is 9.55 Å².